The molecule has 3 rings (SSSR count). The molecule has 1 saturated carbocycles. The van der Waals surface area contributed by atoms with E-state index in [-0.39, 0.29) is 18.1 Å². The van der Waals surface area contributed by atoms with Crippen molar-refractivity contribution in [1.29, 1.82) is 0 Å². The molecule has 1 aliphatic heterocycles. The van der Waals surface area contributed by atoms with Gasteiger partial charge in [-0.2, -0.15) is 0 Å². The van der Waals surface area contributed by atoms with Crippen LogP contribution in [-0.4, -0.2) is 47.7 Å². The molecular weight excluding hydrogens is 334 g/mol. The highest BCUT2D eigenvalue weighted by Crippen LogP contribution is 2.33. The molecular formula is C20H27NO5. The van der Waals surface area contributed by atoms with Crippen LogP contribution in [0.3, 0.4) is 0 Å². The summed E-state index contributed by atoms with van der Waals surface area (Å²) in [6.07, 6.45) is 5.84. The van der Waals surface area contributed by atoms with E-state index in [4.69, 9.17) is 9.47 Å². The highest BCUT2D eigenvalue weighted by atomic mass is 16.5. The van der Waals surface area contributed by atoms with Crippen molar-refractivity contribution < 1.29 is 24.2 Å². The van der Waals surface area contributed by atoms with Crippen molar-refractivity contribution >= 4 is 11.9 Å². The standard InChI is InChI=1S/C20H27NO5/c1-13-16(20(23)24)8-5-11-21(13)19(22)14-9-10-17(25-2)18(12-14)26-15-6-3-4-7-15/h9-10,12-13,15-16H,3-8,11H2,1-2H3,(H,23,24)/t13-,16-/m0/s1. The van der Waals surface area contributed by atoms with Crippen molar-refractivity contribution in [2.24, 2.45) is 5.92 Å². The molecule has 1 aromatic carbocycles. The van der Waals surface area contributed by atoms with Gasteiger partial charge in [-0.1, -0.05) is 0 Å². The minimum atomic E-state index is -0.838. The van der Waals surface area contributed by atoms with Gasteiger partial charge in [-0.05, 0) is 63.6 Å². The molecule has 0 bridgehead atoms. The number of rotatable bonds is 5. The quantitative estimate of drug-likeness (QED) is 0.870. The van der Waals surface area contributed by atoms with E-state index in [9.17, 15) is 14.7 Å². The summed E-state index contributed by atoms with van der Waals surface area (Å²) in [5, 5.41) is 9.38. The number of carboxylic acid groups (broad SMARTS) is 1. The fraction of sp³-hybridized carbons (Fsp3) is 0.600. The van der Waals surface area contributed by atoms with Crippen molar-refractivity contribution in [3.63, 3.8) is 0 Å². The number of piperidine rings is 1. The van der Waals surface area contributed by atoms with Crippen LogP contribution in [-0.2, 0) is 4.79 Å². The molecule has 0 radical (unpaired) electrons. The molecule has 1 heterocycles. The highest BCUT2D eigenvalue weighted by molar-refractivity contribution is 5.95. The van der Waals surface area contributed by atoms with Gasteiger partial charge in [0.05, 0.1) is 19.1 Å². The summed E-state index contributed by atoms with van der Waals surface area (Å²) in [7, 11) is 1.59. The maximum atomic E-state index is 13.0. The normalized spacial score (nSPS) is 23.7. The molecule has 142 valence electrons. The lowest BCUT2D eigenvalue weighted by Gasteiger charge is -2.37. The Bertz CT molecular complexity index is 668. The highest BCUT2D eigenvalue weighted by Gasteiger charge is 2.35. The topological polar surface area (TPSA) is 76.1 Å². The zero-order chi connectivity index (χ0) is 18.7. The van der Waals surface area contributed by atoms with Crippen LogP contribution in [0.15, 0.2) is 18.2 Å². The molecule has 0 unspecified atom stereocenters. The van der Waals surface area contributed by atoms with E-state index < -0.39 is 11.9 Å². The second-order valence-electron chi connectivity index (χ2n) is 7.22. The molecule has 0 aromatic heterocycles. The molecule has 1 aromatic rings. The Hall–Kier alpha value is -2.24. The van der Waals surface area contributed by atoms with Gasteiger partial charge in [0.15, 0.2) is 11.5 Å². The molecule has 0 spiro atoms. The Morgan fingerprint density at radius 3 is 2.50 bits per heavy atom. The van der Waals surface area contributed by atoms with Gasteiger partial charge in [0.1, 0.15) is 0 Å². The largest absolute Gasteiger partial charge is 0.493 e. The third kappa shape index (κ3) is 3.79. The van der Waals surface area contributed by atoms with Crippen molar-refractivity contribution in [3.8, 4) is 11.5 Å². The smallest absolute Gasteiger partial charge is 0.308 e. The van der Waals surface area contributed by atoms with Crippen molar-refractivity contribution in [3.05, 3.63) is 23.8 Å². The lowest BCUT2D eigenvalue weighted by molar-refractivity contribution is -0.144. The van der Waals surface area contributed by atoms with Crippen molar-refractivity contribution in [2.45, 2.75) is 57.6 Å². The SMILES string of the molecule is COc1ccc(C(=O)N2CCC[C@H](C(=O)O)[C@@H]2C)cc1OC1CCCC1. The molecule has 1 saturated heterocycles. The van der Waals surface area contributed by atoms with Gasteiger partial charge in [-0.25, -0.2) is 0 Å². The first-order chi connectivity index (χ1) is 12.5. The van der Waals surface area contributed by atoms with Gasteiger partial charge in [0.25, 0.3) is 5.91 Å². The third-order valence-corrected chi connectivity index (χ3v) is 5.57. The number of benzene rings is 1. The summed E-state index contributed by atoms with van der Waals surface area (Å²) in [4.78, 5) is 26.1. The zero-order valence-corrected chi connectivity index (χ0v) is 15.4. The molecule has 2 aliphatic rings. The molecule has 2 fully saturated rings. The maximum absolute atomic E-state index is 13.0. The van der Waals surface area contributed by atoms with Gasteiger partial charge < -0.3 is 19.5 Å². The average Bonchev–Trinajstić information content (AvgIpc) is 3.14. The zero-order valence-electron chi connectivity index (χ0n) is 15.4. The van der Waals surface area contributed by atoms with E-state index in [2.05, 4.69) is 0 Å². The fourth-order valence-electron chi connectivity index (χ4n) is 4.01. The summed E-state index contributed by atoms with van der Waals surface area (Å²) >= 11 is 0. The number of carboxylic acids is 1. The van der Waals surface area contributed by atoms with Gasteiger partial charge >= 0.3 is 5.97 Å². The summed E-state index contributed by atoms with van der Waals surface area (Å²) in [5.41, 5.74) is 0.511. The minimum Gasteiger partial charge on any atom is -0.493 e. The monoisotopic (exact) mass is 361 g/mol. The van der Waals surface area contributed by atoms with Crippen LogP contribution in [0.4, 0.5) is 0 Å². The summed E-state index contributed by atoms with van der Waals surface area (Å²) in [6, 6.07) is 4.88. The lowest BCUT2D eigenvalue weighted by atomic mass is 9.90. The average molecular weight is 361 g/mol. The van der Waals surface area contributed by atoms with Crippen LogP contribution in [0, 0.1) is 5.92 Å². The molecule has 1 aliphatic carbocycles. The van der Waals surface area contributed by atoms with Crippen LogP contribution < -0.4 is 9.47 Å². The van der Waals surface area contributed by atoms with E-state index in [0.717, 1.165) is 25.7 Å². The summed E-state index contributed by atoms with van der Waals surface area (Å²) < 4.78 is 11.4. The first-order valence-electron chi connectivity index (χ1n) is 9.39. The van der Waals surface area contributed by atoms with Gasteiger partial charge in [-0.3, -0.25) is 9.59 Å². The molecule has 26 heavy (non-hydrogen) atoms. The third-order valence-electron chi connectivity index (χ3n) is 5.57. The Balaban J connectivity index is 1.81. The van der Waals surface area contributed by atoms with Crippen molar-refractivity contribution in [1.82, 2.24) is 4.90 Å². The molecule has 1 N–H and O–H groups in total. The Kier molecular flexibility index (Phi) is 5.69. The lowest BCUT2D eigenvalue weighted by Crippen LogP contribution is -2.49. The van der Waals surface area contributed by atoms with Crippen LogP contribution in [0.5, 0.6) is 11.5 Å². The molecule has 1 amide bonds. The van der Waals surface area contributed by atoms with E-state index in [1.54, 1.807) is 30.2 Å². The van der Waals surface area contributed by atoms with Gasteiger partial charge in [-0.15, -0.1) is 0 Å². The van der Waals surface area contributed by atoms with Gasteiger partial charge in [0, 0.05) is 18.2 Å². The number of hydrogen-bond acceptors (Lipinski definition) is 4. The van der Waals surface area contributed by atoms with E-state index in [0.29, 0.717) is 36.4 Å². The Morgan fingerprint density at radius 1 is 1.12 bits per heavy atom. The number of ether oxygens (including phenoxy) is 2. The minimum absolute atomic E-state index is 0.151. The van der Waals surface area contributed by atoms with Crippen LogP contribution in [0.25, 0.3) is 0 Å². The second-order valence-corrected chi connectivity index (χ2v) is 7.22. The number of carbonyl (C=O) groups is 2. The first kappa shape index (κ1) is 18.5. The van der Waals surface area contributed by atoms with E-state index in [1.165, 1.54) is 0 Å². The van der Waals surface area contributed by atoms with Crippen LogP contribution in [0.1, 0.15) is 55.8 Å². The molecule has 6 nitrogen and oxygen atoms in total. The van der Waals surface area contributed by atoms with Crippen molar-refractivity contribution in [2.75, 3.05) is 13.7 Å². The number of nitrogens with zero attached hydrogens (tertiary/aromatic N) is 1. The van der Waals surface area contributed by atoms with E-state index in [1.807, 2.05) is 6.92 Å². The summed E-state index contributed by atoms with van der Waals surface area (Å²) in [5.74, 6) is -0.300. The Morgan fingerprint density at radius 2 is 1.85 bits per heavy atom. The number of likely N-dealkylation sites (tertiary alicyclic amines) is 1. The van der Waals surface area contributed by atoms with Crippen LogP contribution >= 0.6 is 0 Å². The predicted octanol–water partition coefficient (Wildman–Crippen LogP) is 3.34. The number of aliphatic carboxylic acids is 1. The maximum Gasteiger partial charge on any atom is 0.308 e. The number of methoxy groups -OCH3 is 1. The molecule has 2 atom stereocenters. The molecule has 6 heteroatoms. The first-order valence-corrected chi connectivity index (χ1v) is 9.39. The number of amides is 1. The number of hydrogen-bond donors (Lipinski definition) is 1. The number of carbonyl (C=O) groups excluding carboxylic acids is 1. The van der Waals surface area contributed by atoms with Gasteiger partial charge in [0.2, 0.25) is 0 Å². The van der Waals surface area contributed by atoms with E-state index >= 15 is 0 Å². The Labute approximate surface area is 154 Å². The van der Waals surface area contributed by atoms with Crippen LogP contribution in [0.2, 0.25) is 0 Å². The predicted molar refractivity (Wildman–Crippen MR) is 96.7 cm³/mol. The fourth-order valence-corrected chi connectivity index (χ4v) is 4.01. The summed E-state index contributed by atoms with van der Waals surface area (Å²) in [6.45, 7) is 2.39. The second kappa shape index (κ2) is 7.98.